The summed E-state index contributed by atoms with van der Waals surface area (Å²) in [6, 6.07) is 0.0539. The van der Waals surface area contributed by atoms with E-state index in [1.807, 2.05) is 17.3 Å². The van der Waals surface area contributed by atoms with E-state index < -0.39 is 0 Å². The fraction of sp³-hybridized carbons (Fsp3) is 0.533. The van der Waals surface area contributed by atoms with E-state index in [2.05, 4.69) is 19.1 Å². The first-order chi connectivity index (χ1) is 10.2. The van der Waals surface area contributed by atoms with Gasteiger partial charge in [0.05, 0.1) is 11.7 Å². The molecule has 3 aliphatic rings. The molecule has 0 bridgehead atoms. The van der Waals surface area contributed by atoms with Crippen LogP contribution in [0.1, 0.15) is 26.2 Å². The van der Waals surface area contributed by atoms with Gasteiger partial charge in [-0.2, -0.15) is 0 Å². The van der Waals surface area contributed by atoms with Crippen LogP contribution in [0.25, 0.3) is 0 Å². The average Bonchev–Trinajstić information content (AvgIpc) is 2.84. The summed E-state index contributed by atoms with van der Waals surface area (Å²) in [5, 5.41) is 3.05. The predicted molar refractivity (Wildman–Crippen MR) is 87.4 cm³/mol. The van der Waals surface area contributed by atoms with E-state index in [1.54, 1.807) is 11.8 Å². The molecule has 2 aliphatic heterocycles. The molecule has 0 aromatic rings. The number of allylic oxidation sites excluding steroid dienone is 1. The highest BCUT2D eigenvalue weighted by atomic mass is 32.2. The van der Waals surface area contributed by atoms with Crippen molar-refractivity contribution in [2.45, 2.75) is 37.8 Å². The van der Waals surface area contributed by atoms with E-state index >= 15 is 0 Å². The van der Waals surface area contributed by atoms with E-state index in [9.17, 15) is 0 Å². The molecule has 2 heterocycles. The number of nitrogens with two attached hydrogens (primary N) is 2. The molecule has 114 valence electrons. The highest BCUT2D eigenvalue weighted by Gasteiger charge is 2.51. The van der Waals surface area contributed by atoms with Crippen molar-refractivity contribution in [1.82, 2.24) is 5.06 Å². The zero-order chi connectivity index (χ0) is 14.9. The maximum atomic E-state index is 6.22. The minimum Gasteiger partial charge on any atom is -0.398 e. The standard InChI is InChI=1S/C15H22N4OS/c1-2-4-13-18-15-7-3-9-19(20-10-8-16)12(15)6-5-11(17)14(15)21-13/h3,5-6,9,12H,2,4,7-8,10,16-17H2,1H3. The molecule has 3 rings (SSSR count). The minimum atomic E-state index is -0.308. The molecule has 5 nitrogen and oxygen atoms in total. The summed E-state index contributed by atoms with van der Waals surface area (Å²) in [7, 11) is 0. The molecule has 0 fully saturated rings. The van der Waals surface area contributed by atoms with Gasteiger partial charge in [0.25, 0.3) is 0 Å². The van der Waals surface area contributed by atoms with Crippen molar-refractivity contribution in [3.8, 4) is 0 Å². The molecule has 0 saturated heterocycles. The minimum absolute atomic E-state index is 0.0539. The molecular weight excluding hydrogens is 284 g/mol. The van der Waals surface area contributed by atoms with Crippen molar-refractivity contribution < 1.29 is 4.84 Å². The Morgan fingerprint density at radius 2 is 2.43 bits per heavy atom. The summed E-state index contributed by atoms with van der Waals surface area (Å²) in [6.45, 7) is 3.17. The molecule has 1 spiro atoms. The van der Waals surface area contributed by atoms with Crippen LogP contribution in [-0.4, -0.2) is 34.8 Å². The van der Waals surface area contributed by atoms with Crippen LogP contribution in [0.4, 0.5) is 0 Å². The van der Waals surface area contributed by atoms with E-state index in [1.165, 1.54) is 9.95 Å². The molecule has 4 N–H and O–H groups in total. The zero-order valence-electron chi connectivity index (χ0n) is 12.3. The normalized spacial score (nSPS) is 30.5. The lowest BCUT2D eigenvalue weighted by atomic mass is 9.80. The van der Waals surface area contributed by atoms with Gasteiger partial charge in [0.2, 0.25) is 0 Å². The van der Waals surface area contributed by atoms with Crippen molar-refractivity contribution in [1.29, 1.82) is 0 Å². The molecule has 0 saturated carbocycles. The van der Waals surface area contributed by atoms with E-state index in [-0.39, 0.29) is 11.6 Å². The van der Waals surface area contributed by atoms with Gasteiger partial charge in [-0.15, -0.1) is 0 Å². The Morgan fingerprint density at radius 3 is 3.19 bits per heavy atom. The third-order valence-electron chi connectivity index (χ3n) is 3.92. The highest BCUT2D eigenvalue weighted by molar-refractivity contribution is 8.17. The van der Waals surface area contributed by atoms with Crippen molar-refractivity contribution in [3.05, 3.63) is 35.0 Å². The summed E-state index contributed by atoms with van der Waals surface area (Å²) in [4.78, 5) is 12.0. The number of thioether (sulfide) groups is 1. The Balaban J connectivity index is 1.95. The van der Waals surface area contributed by atoms with Crippen molar-refractivity contribution >= 4 is 16.8 Å². The van der Waals surface area contributed by atoms with Gasteiger partial charge in [-0.05, 0) is 18.9 Å². The number of hydroxylamine groups is 2. The predicted octanol–water partition coefficient (Wildman–Crippen LogP) is 1.89. The molecule has 2 unspecified atom stereocenters. The second-order valence-electron chi connectivity index (χ2n) is 5.44. The molecule has 2 atom stereocenters. The van der Waals surface area contributed by atoms with Crippen LogP contribution in [0, 0.1) is 0 Å². The van der Waals surface area contributed by atoms with Crippen LogP contribution in [0.15, 0.2) is 40.0 Å². The number of aliphatic imine (C=N–C) groups is 1. The second kappa shape index (κ2) is 5.87. The van der Waals surface area contributed by atoms with Gasteiger partial charge in [-0.3, -0.25) is 14.9 Å². The van der Waals surface area contributed by atoms with E-state index in [0.717, 1.165) is 25.0 Å². The van der Waals surface area contributed by atoms with E-state index in [4.69, 9.17) is 21.3 Å². The third-order valence-corrected chi connectivity index (χ3v) is 5.25. The topological polar surface area (TPSA) is 76.9 Å². The molecule has 0 aromatic carbocycles. The summed E-state index contributed by atoms with van der Waals surface area (Å²) in [5.41, 5.74) is 12.3. The summed E-state index contributed by atoms with van der Waals surface area (Å²) in [5.74, 6) is 0. The third kappa shape index (κ3) is 2.41. The zero-order valence-corrected chi connectivity index (χ0v) is 13.1. The summed E-state index contributed by atoms with van der Waals surface area (Å²) < 4.78 is 0. The fourth-order valence-corrected chi connectivity index (χ4v) is 4.39. The SMILES string of the molecule is CCCC1=NC23CC=CN(OCCN)C2C=CC(N)=C3S1. The maximum Gasteiger partial charge on any atom is 0.124 e. The van der Waals surface area contributed by atoms with Gasteiger partial charge < -0.3 is 11.5 Å². The molecular formula is C15H22N4OS. The number of hydrogen-bond donors (Lipinski definition) is 2. The molecule has 0 aromatic heterocycles. The molecule has 6 heteroatoms. The Labute approximate surface area is 129 Å². The van der Waals surface area contributed by atoms with Crippen molar-refractivity contribution in [2.75, 3.05) is 13.2 Å². The second-order valence-corrected chi connectivity index (χ2v) is 6.52. The van der Waals surface area contributed by atoms with Gasteiger partial charge in [-0.1, -0.05) is 37.3 Å². The average molecular weight is 306 g/mol. The Bertz CT molecular complexity index is 540. The maximum absolute atomic E-state index is 6.22. The van der Waals surface area contributed by atoms with Gasteiger partial charge in [0.1, 0.15) is 11.6 Å². The molecule has 0 radical (unpaired) electrons. The lowest BCUT2D eigenvalue weighted by Gasteiger charge is -2.44. The lowest BCUT2D eigenvalue weighted by molar-refractivity contribution is -0.149. The van der Waals surface area contributed by atoms with Gasteiger partial charge in [0.15, 0.2) is 0 Å². The first kappa shape index (κ1) is 14.7. The highest BCUT2D eigenvalue weighted by Crippen LogP contribution is 2.51. The number of rotatable bonds is 5. The van der Waals surface area contributed by atoms with Crippen LogP contribution in [0.5, 0.6) is 0 Å². The molecule has 0 amide bonds. The Hall–Kier alpha value is -1.24. The first-order valence-corrected chi connectivity index (χ1v) is 8.26. The smallest absolute Gasteiger partial charge is 0.124 e. The van der Waals surface area contributed by atoms with Crippen molar-refractivity contribution in [2.24, 2.45) is 16.5 Å². The van der Waals surface area contributed by atoms with Crippen LogP contribution >= 0.6 is 11.8 Å². The van der Waals surface area contributed by atoms with Gasteiger partial charge in [-0.25, -0.2) is 0 Å². The fourth-order valence-electron chi connectivity index (χ4n) is 3.03. The van der Waals surface area contributed by atoms with Crippen LogP contribution in [-0.2, 0) is 4.84 Å². The quantitative estimate of drug-likeness (QED) is 0.811. The monoisotopic (exact) mass is 306 g/mol. The molecule has 21 heavy (non-hydrogen) atoms. The van der Waals surface area contributed by atoms with Crippen molar-refractivity contribution in [3.63, 3.8) is 0 Å². The van der Waals surface area contributed by atoms with Crippen LogP contribution < -0.4 is 11.5 Å². The van der Waals surface area contributed by atoms with Crippen LogP contribution in [0.3, 0.4) is 0 Å². The summed E-state index contributed by atoms with van der Waals surface area (Å²) >= 11 is 1.74. The largest absolute Gasteiger partial charge is 0.398 e. The Morgan fingerprint density at radius 1 is 1.57 bits per heavy atom. The van der Waals surface area contributed by atoms with Gasteiger partial charge in [0, 0.05) is 23.3 Å². The van der Waals surface area contributed by atoms with Gasteiger partial charge >= 0.3 is 0 Å². The number of nitrogens with zero attached hydrogens (tertiary/aromatic N) is 2. The Kier molecular flexibility index (Phi) is 4.10. The first-order valence-electron chi connectivity index (χ1n) is 7.44. The lowest BCUT2D eigenvalue weighted by Crippen LogP contribution is -2.52. The van der Waals surface area contributed by atoms with Crippen LogP contribution in [0.2, 0.25) is 0 Å². The number of hydrogen-bond acceptors (Lipinski definition) is 6. The van der Waals surface area contributed by atoms with E-state index in [0.29, 0.717) is 13.2 Å². The summed E-state index contributed by atoms with van der Waals surface area (Å²) in [6.07, 6.45) is 11.1. The molecule has 1 aliphatic carbocycles.